The number of hydrogen-bond donors (Lipinski definition) is 1. The lowest BCUT2D eigenvalue weighted by molar-refractivity contribution is 0.301. The van der Waals surface area contributed by atoms with E-state index in [-0.39, 0.29) is 6.04 Å². The Kier molecular flexibility index (Phi) is 5.13. The zero-order valence-electron chi connectivity index (χ0n) is 12.2. The van der Waals surface area contributed by atoms with E-state index >= 15 is 0 Å². The van der Waals surface area contributed by atoms with Crippen LogP contribution in [0.3, 0.4) is 0 Å². The van der Waals surface area contributed by atoms with Crippen LogP contribution in [0.5, 0.6) is 5.75 Å². The van der Waals surface area contributed by atoms with Gasteiger partial charge >= 0.3 is 0 Å². The summed E-state index contributed by atoms with van der Waals surface area (Å²) in [5.74, 6) is 0.863. The number of aromatic nitrogens is 1. The van der Waals surface area contributed by atoms with Crippen molar-refractivity contribution in [2.45, 2.75) is 39.3 Å². The maximum absolute atomic E-state index is 5.95. The van der Waals surface area contributed by atoms with Gasteiger partial charge in [-0.15, -0.1) is 0 Å². The predicted octanol–water partition coefficient (Wildman–Crippen LogP) is 3.25. The van der Waals surface area contributed by atoms with E-state index in [1.807, 2.05) is 37.3 Å². The first kappa shape index (κ1) is 14.5. The lowest BCUT2D eigenvalue weighted by Crippen LogP contribution is -2.21. The number of hydrogen-bond acceptors (Lipinski definition) is 3. The van der Waals surface area contributed by atoms with Crippen LogP contribution in [0.15, 0.2) is 42.5 Å². The minimum atomic E-state index is 0.235. The second-order valence-corrected chi connectivity index (χ2v) is 5.08. The van der Waals surface area contributed by atoms with E-state index in [1.165, 1.54) is 5.56 Å². The molecule has 1 aromatic heterocycles. The van der Waals surface area contributed by atoms with Crippen molar-refractivity contribution < 1.29 is 4.74 Å². The van der Waals surface area contributed by atoms with Crippen LogP contribution in [0, 0.1) is 6.92 Å². The normalized spacial score (nSPS) is 12.2. The molecule has 1 unspecified atom stereocenters. The van der Waals surface area contributed by atoms with Crippen LogP contribution in [-0.2, 0) is 13.0 Å². The number of pyridine rings is 1. The summed E-state index contributed by atoms with van der Waals surface area (Å²) in [7, 11) is 0. The molecular formula is C17H22N2O. The molecule has 0 fully saturated rings. The molecule has 0 bridgehead atoms. The van der Waals surface area contributed by atoms with Crippen molar-refractivity contribution in [3.05, 3.63) is 59.4 Å². The maximum atomic E-state index is 5.95. The highest BCUT2D eigenvalue weighted by Gasteiger charge is 2.02. The molecule has 0 spiro atoms. The number of nitrogens with zero attached hydrogens (tertiary/aromatic N) is 1. The zero-order valence-corrected chi connectivity index (χ0v) is 12.2. The first-order valence-corrected chi connectivity index (χ1v) is 7.07. The van der Waals surface area contributed by atoms with Crippen molar-refractivity contribution in [3.63, 3.8) is 0 Å². The van der Waals surface area contributed by atoms with E-state index in [0.717, 1.165) is 30.0 Å². The van der Waals surface area contributed by atoms with Crippen LogP contribution in [0.1, 0.15) is 30.3 Å². The number of nitrogens with two attached hydrogens (primary N) is 1. The molecule has 0 saturated carbocycles. The fourth-order valence-corrected chi connectivity index (χ4v) is 2.01. The van der Waals surface area contributed by atoms with Gasteiger partial charge in [0.05, 0.1) is 5.69 Å². The van der Waals surface area contributed by atoms with Crippen LogP contribution in [0.2, 0.25) is 0 Å². The largest absolute Gasteiger partial charge is 0.487 e. The van der Waals surface area contributed by atoms with Crippen molar-refractivity contribution in [3.8, 4) is 5.75 Å². The van der Waals surface area contributed by atoms with Gasteiger partial charge in [0, 0.05) is 11.7 Å². The number of rotatable bonds is 6. The van der Waals surface area contributed by atoms with Gasteiger partial charge in [-0.25, -0.2) is 0 Å². The van der Waals surface area contributed by atoms with Crippen molar-refractivity contribution >= 4 is 0 Å². The maximum Gasteiger partial charge on any atom is 0.130 e. The van der Waals surface area contributed by atoms with Crippen LogP contribution in [0.4, 0.5) is 0 Å². The van der Waals surface area contributed by atoms with Gasteiger partial charge in [-0.2, -0.15) is 0 Å². The first-order chi connectivity index (χ1) is 9.67. The zero-order chi connectivity index (χ0) is 14.4. The summed E-state index contributed by atoms with van der Waals surface area (Å²) >= 11 is 0. The molecule has 1 atom stereocenters. The molecule has 0 amide bonds. The molecule has 3 heteroatoms. The minimum Gasteiger partial charge on any atom is -0.487 e. The lowest BCUT2D eigenvalue weighted by atomic mass is 10.0. The molecule has 1 aromatic carbocycles. The number of aryl methyl sites for hydroxylation is 1. The van der Waals surface area contributed by atoms with Crippen LogP contribution in [0.25, 0.3) is 0 Å². The van der Waals surface area contributed by atoms with Gasteiger partial charge in [0.25, 0.3) is 0 Å². The molecule has 3 nitrogen and oxygen atoms in total. The van der Waals surface area contributed by atoms with Gasteiger partial charge in [-0.1, -0.05) is 25.1 Å². The summed E-state index contributed by atoms with van der Waals surface area (Å²) in [4.78, 5) is 4.41. The van der Waals surface area contributed by atoms with Crippen LogP contribution < -0.4 is 10.5 Å². The molecule has 0 radical (unpaired) electrons. The summed E-state index contributed by atoms with van der Waals surface area (Å²) < 4.78 is 5.74. The Hall–Kier alpha value is -1.87. The van der Waals surface area contributed by atoms with Crippen LogP contribution in [-0.4, -0.2) is 11.0 Å². The van der Waals surface area contributed by atoms with Gasteiger partial charge in [-0.3, -0.25) is 4.98 Å². The minimum absolute atomic E-state index is 0.235. The average molecular weight is 270 g/mol. The topological polar surface area (TPSA) is 48.1 Å². The second-order valence-electron chi connectivity index (χ2n) is 5.08. The highest BCUT2D eigenvalue weighted by Crippen LogP contribution is 2.15. The van der Waals surface area contributed by atoms with E-state index in [4.69, 9.17) is 10.5 Å². The van der Waals surface area contributed by atoms with Crippen molar-refractivity contribution in [1.29, 1.82) is 0 Å². The van der Waals surface area contributed by atoms with E-state index in [2.05, 4.69) is 24.0 Å². The van der Waals surface area contributed by atoms with E-state index in [1.54, 1.807) is 0 Å². The Bertz CT molecular complexity index is 537. The smallest absolute Gasteiger partial charge is 0.130 e. The van der Waals surface area contributed by atoms with E-state index in [0.29, 0.717) is 6.61 Å². The monoisotopic (exact) mass is 270 g/mol. The van der Waals surface area contributed by atoms with Gasteiger partial charge in [0.1, 0.15) is 12.4 Å². The Morgan fingerprint density at radius 1 is 1.15 bits per heavy atom. The number of benzene rings is 1. The molecule has 20 heavy (non-hydrogen) atoms. The van der Waals surface area contributed by atoms with Crippen molar-refractivity contribution in [2.24, 2.45) is 5.73 Å². The van der Waals surface area contributed by atoms with Gasteiger partial charge in [0.2, 0.25) is 0 Å². The highest BCUT2D eigenvalue weighted by atomic mass is 16.5. The SMILES string of the molecule is CCC(N)Cc1ccc(OCc2cccc(C)n2)cc1. The summed E-state index contributed by atoms with van der Waals surface area (Å²) in [6.07, 6.45) is 1.91. The third-order valence-corrected chi connectivity index (χ3v) is 3.28. The molecular weight excluding hydrogens is 248 g/mol. The fraction of sp³-hybridized carbons (Fsp3) is 0.353. The Labute approximate surface area is 120 Å². The number of ether oxygens (including phenoxy) is 1. The van der Waals surface area contributed by atoms with Gasteiger partial charge in [-0.05, 0) is 49.6 Å². The van der Waals surface area contributed by atoms with Gasteiger partial charge < -0.3 is 10.5 Å². The Balaban J connectivity index is 1.90. The Morgan fingerprint density at radius 3 is 2.55 bits per heavy atom. The summed E-state index contributed by atoms with van der Waals surface area (Å²) in [6, 6.07) is 14.3. The predicted molar refractivity (Wildman–Crippen MR) is 81.7 cm³/mol. The molecule has 0 aliphatic heterocycles. The van der Waals surface area contributed by atoms with E-state index in [9.17, 15) is 0 Å². The molecule has 2 aromatic rings. The van der Waals surface area contributed by atoms with Crippen molar-refractivity contribution in [2.75, 3.05) is 0 Å². The lowest BCUT2D eigenvalue weighted by Gasteiger charge is -2.10. The molecule has 0 saturated heterocycles. The highest BCUT2D eigenvalue weighted by molar-refractivity contribution is 5.28. The molecule has 2 N–H and O–H groups in total. The summed E-state index contributed by atoms with van der Waals surface area (Å²) in [6.45, 7) is 4.59. The van der Waals surface area contributed by atoms with E-state index < -0.39 is 0 Å². The third kappa shape index (κ3) is 4.35. The summed E-state index contributed by atoms with van der Waals surface area (Å²) in [5, 5.41) is 0. The molecule has 2 rings (SSSR count). The summed E-state index contributed by atoms with van der Waals surface area (Å²) in [5.41, 5.74) is 9.16. The quantitative estimate of drug-likeness (QED) is 0.876. The molecule has 106 valence electrons. The Morgan fingerprint density at radius 2 is 1.90 bits per heavy atom. The fourth-order valence-electron chi connectivity index (χ4n) is 2.01. The molecule has 0 aliphatic carbocycles. The second kappa shape index (κ2) is 7.06. The molecule has 1 heterocycles. The molecule has 0 aliphatic rings. The van der Waals surface area contributed by atoms with Crippen LogP contribution >= 0.6 is 0 Å². The average Bonchev–Trinajstić information content (AvgIpc) is 2.46. The third-order valence-electron chi connectivity index (χ3n) is 3.28. The van der Waals surface area contributed by atoms with Gasteiger partial charge in [0.15, 0.2) is 0 Å². The first-order valence-electron chi connectivity index (χ1n) is 7.07. The standard InChI is InChI=1S/C17H22N2O/c1-3-15(18)11-14-7-9-17(10-8-14)20-12-16-6-4-5-13(2)19-16/h4-10,15H,3,11-12,18H2,1-2H3. The van der Waals surface area contributed by atoms with Crippen molar-refractivity contribution in [1.82, 2.24) is 4.98 Å².